The van der Waals surface area contributed by atoms with Gasteiger partial charge >= 0.3 is 0 Å². The summed E-state index contributed by atoms with van der Waals surface area (Å²) >= 11 is 0. The normalized spacial score (nSPS) is 28.1. The molecule has 0 aliphatic heterocycles. The predicted molar refractivity (Wildman–Crippen MR) is 90.7 cm³/mol. The molecule has 25 heavy (non-hydrogen) atoms. The van der Waals surface area contributed by atoms with Crippen LogP contribution < -0.4 is 0 Å². The molecule has 132 valence electrons. The van der Waals surface area contributed by atoms with E-state index in [9.17, 15) is 9.90 Å². The van der Waals surface area contributed by atoms with E-state index in [4.69, 9.17) is 0 Å². The van der Waals surface area contributed by atoms with Crippen molar-refractivity contribution in [2.45, 2.75) is 44.4 Å². The standard InChI is InChI=1S/C18H23N5O2/c1-22(16-6-14-8-17(24)9-15(14)7-16)18(25)13-4-2-12(3-5-13)10-23-11-19-20-21-23/h2-5,11,14-17,24H,6-10H2,1H3/t14-,15+,16?,17?. The zero-order chi connectivity index (χ0) is 17.4. The molecule has 0 saturated heterocycles. The minimum atomic E-state index is -0.135. The number of benzene rings is 1. The fourth-order valence-corrected chi connectivity index (χ4v) is 4.43. The number of rotatable bonds is 4. The van der Waals surface area contributed by atoms with Crippen molar-refractivity contribution in [3.05, 3.63) is 41.7 Å². The Labute approximate surface area is 146 Å². The van der Waals surface area contributed by atoms with Crippen molar-refractivity contribution in [1.82, 2.24) is 25.1 Å². The highest BCUT2D eigenvalue weighted by Gasteiger charge is 2.43. The maximum atomic E-state index is 12.8. The Morgan fingerprint density at radius 2 is 1.88 bits per heavy atom. The van der Waals surface area contributed by atoms with Gasteiger partial charge in [-0.15, -0.1) is 5.10 Å². The van der Waals surface area contributed by atoms with Crippen LogP contribution in [-0.2, 0) is 6.54 Å². The van der Waals surface area contributed by atoms with Crippen LogP contribution in [0.25, 0.3) is 0 Å². The molecule has 0 radical (unpaired) electrons. The lowest BCUT2D eigenvalue weighted by molar-refractivity contribution is 0.0722. The fourth-order valence-electron chi connectivity index (χ4n) is 4.43. The maximum absolute atomic E-state index is 12.8. The molecule has 4 rings (SSSR count). The Bertz CT molecular complexity index is 716. The number of nitrogens with zero attached hydrogens (tertiary/aromatic N) is 5. The third kappa shape index (κ3) is 3.28. The average Bonchev–Trinajstić information content (AvgIpc) is 3.30. The van der Waals surface area contributed by atoms with Crippen LogP contribution in [0.2, 0.25) is 0 Å². The Morgan fingerprint density at radius 3 is 2.48 bits per heavy atom. The van der Waals surface area contributed by atoms with E-state index in [-0.39, 0.29) is 18.1 Å². The van der Waals surface area contributed by atoms with Crippen LogP contribution in [0, 0.1) is 11.8 Å². The lowest BCUT2D eigenvalue weighted by atomic mass is 10.0. The van der Waals surface area contributed by atoms with Crippen LogP contribution in [-0.4, -0.2) is 55.3 Å². The molecule has 4 atom stereocenters. The molecule has 2 fully saturated rings. The summed E-state index contributed by atoms with van der Waals surface area (Å²) in [5.74, 6) is 1.22. The highest BCUT2D eigenvalue weighted by atomic mass is 16.3. The molecule has 1 N–H and O–H groups in total. The number of aliphatic hydroxyl groups is 1. The molecule has 0 bridgehead atoms. The SMILES string of the molecule is CN(C(=O)c1ccc(Cn2cnnn2)cc1)C1C[C@H]2CC(O)C[C@H]2C1. The van der Waals surface area contributed by atoms with Crippen molar-refractivity contribution in [2.24, 2.45) is 11.8 Å². The van der Waals surface area contributed by atoms with Crippen LogP contribution >= 0.6 is 0 Å². The van der Waals surface area contributed by atoms with Crippen LogP contribution in [0.1, 0.15) is 41.6 Å². The first-order valence-electron chi connectivity index (χ1n) is 8.85. The lowest BCUT2D eigenvalue weighted by Gasteiger charge is -2.25. The lowest BCUT2D eigenvalue weighted by Crippen LogP contribution is -2.36. The highest BCUT2D eigenvalue weighted by molar-refractivity contribution is 5.94. The minimum absolute atomic E-state index is 0.0690. The molecular weight excluding hydrogens is 318 g/mol. The molecule has 7 nitrogen and oxygen atoms in total. The minimum Gasteiger partial charge on any atom is -0.393 e. The summed E-state index contributed by atoms with van der Waals surface area (Å²) in [5, 5.41) is 20.8. The van der Waals surface area contributed by atoms with Gasteiger partial charge in [0.2, 0.25) is 0 Å². The molecular formula is C18H23N5O2. The van der Waals surface area contributed by atoms with E-state index in [2.05, 4.69) is 15.5 Å². The van der Waals surface area contributed by atoms with Gasteiger partial charge in [-0.1, -0.05) is 12.1 Å². The van der Waals surface area contributed by atoms with Gasteiger partial charge in [0.15, 0.2) is 0 Å². The second-order valence-corrected chi connectivity index (χ2v) is 7.39. The van der Waals surface area contributed by atoms with Gasteiger partial charge in [-0.2, -0.15) is 0 Å². The predicted octanol–water partition coefficient (Wildman–Crippen LogP) is 1.34. The van der Waals surface area contributed by atoms with Crippen molar-refractivity contribution in [3.63, 3.8) is 0 Å². The molecule has 0 spiro atoms. The number of tetrazole rings is 1. The van der Waals surface area contributed by atoms with Crippen molar-refractivity contribution in [2.75, 3.05) is 7.05 Å². The van der Waals surface area contributed by atoms with Crippen LogP contribution in [0.5, 0.6) is 0 Å². The van der Waals surface area contributed by atoms with Gasteiger partial charge in [0.1, 0.15) is 6.33 Å². The van der Waals surface area contributed by atoms with Crippen molar-refractivity contribution in [1.29, 1.82) is 0 Å². The summed E-state index contributed by atoms with van der Waals surface area (Å²) in [6, 6.07) is 7.93. The monoisotopic (exact) mass is 341 g/mol. The zero-order valence-corrected chi connectivity index (χ0v) is 14.3. The van der Waals surface area contributed by atoms with Crippen LogP contribution in [0.15, 0.2) is 30.6 Å². The number of aromatic nitrogens is 4. The second-order valence-electron chi connectivity index (χ2n) is 7.39. The first kappa shape index (κ1) is 16.2. The number of carbonyl (C=O) groups excluding carboxylic acids is 1. The first-order chi connectivity index (χ1) is 12.1. The number of carbonyl (C=O) groups is 1. The Morgan fingerprint density at radius 1 is 1.20 bits per heavy atom. The molecule has 1 aromatic heterocycles. The van der Waals surface area contributed by atoms with Gasteiger partial charge in [-0.05, 0) is 65.6 Å². The summed E-state index contributed by atoms with van der Waals surface area (Å²) in [6.07, 6.45) is 5.26. The summed E-state index contributed by atoms with van der Waals surface area (Å²) in [4.78, 5) is 14.7. The van der Waals surface area contributed by atoms with Gasteiger partial charge in [0, 0.05) is 18.7 Å². The van der Waals surface area contributed by atoms with Crippen molar-refractivity contribution < 1.29 is 9.90 Å². The van der Waals surface area contributed by atoms with Crippen LogP contribution in [0.4, 0.5) is 0 Å². The molecule has 2 aliphatic carbocycles. The fraction of sp³-hybridized carbons (Fsp3) is 0.556. The maximum Gasteiger partial charge on any atom is 0.253 e. The Kier molecular flexibility index (Phi) is 4.25. The van der Waals surface area contributed by atoms with E-state index >= 15 is 0 Å². The molecule has 2 aromatic rings. The van der Waals surface area contributed by atoms with E-state index < -0.39 is 0 Å². The van der Waals surface area contributed by atoms with Crippen LogP contribution in [0.3, 0.4) is 0 Å². The molecule has 2 unspecified atom stereocenters. The third-order valence-corrected chi connectivity index (χ3v) is 5.77. The Hall–Kier alpha value is -2.28. The van der Waals surface area contributed by atoms with E-state index in [0.717, 1.165) is 31.2 Å². The quantitative estimate of drug-likeness (QED) is 0.907. The molecule has 7 heteroatoms. The molecule has 2 aliphatic rings. The second kappa shape index (κ2) is 6.55. The summed E-state index contributed by atoms with van der Waals surface area (Å²) in [7, 11) is 1.90. The van der Waals surface area contributed by atoms with Gasteiger partial charge < -0.3 is 10.0 Å². The number of fused-ring (bicyclic) bond motifs is 1. The largest absolute Gasteiger partial charge is 0.393 e. The summed E-state index contributed by atoms with van der Waals surface area (Å²) in [6.45, 7) is 0.589. The van der Waals surface area contributed by atoms with E-state index in [0.29, 0.717) is 23.9 Å². The van der Waals surface area contributed by atoms with E-state index in [1.807, 2.05) is 36.2 Å². The number of aliphatic hydroxyl groups excluding tert-OH is 1. The van der Waals surface area contributed by atoms with Gasteiger partial charge in [0.25, 0.3) is 5.91 Å². The van der Waals surface area contributed by atoms with Crippen molar-refractivity contribution >= 4 is 5.91 Å². The number of hydrogen-bond acceptors (Lipinski definition) is 5. The van der Waals surface area contributed by atoms with E-state index in [1.165, 1.54) is 0 Å². The number of amides is 1. The number of hydrogen-bond donors (Lipinski definition) is 1. The van der Waals surface area contributed by atoms with Gasteiger partial charge in [-0.25, -0.2) is 4.68 Å². The highest BCUT2D eigenvalue weighted by Crippen LogP contribution is 2.45. The third-order valence-electron chi connectivity index (χ3n) is 5.77. The average molecular weight is 341 g/mol. The van der Waals surface area contributed by atoms with Crippen molar-refractivity contribution in [3.8, 4) is 0 Å². The Balaban J connectivity index is 1.39. The van der Waals surface area contributed by atoms with Gasteiger partial charge in [0.05, 0.1) is 12.6 Å². The molecule has 2 saturated carbocycles. The first-order valence-corrected chi connectivity index (χ1v) is 8.85. The van der Waals surface area contributed by atoms with E-state index in [1.54, 1.807) is 11.0 Å². The summed E-state index contributed by atoms with van der Waals surface area (Å²) in [5.41, 5.74) is 1.76. The molecule has 1 aromatic carbocycles. The van der Waals surface area contributed by atoms with Gasteiger partial charge in [-0.3, -0.25) is 4.79 Å². The summed E-state index contributed by atoms with van der Waals surface area (Å²) < 4.78 is 1.65. The molecule has 1 amide bonds. The topological polar surface area (TPSA) is 84.1 Å². The smallest absolute Gasteiger partial charge is 0.253 e. The zero-order valence-electron chi connectivity index (χ0n) is 14.3. The molecule has 1 heterocycles.